The van der Waals surface area contributed by atoms with Crippen LogP contribution in [0.2, 0.25) is 5.02 Å². The third kappa shape index (κ3) is 2.86. The molecule has 1 aliphatic carbocycles. The minimum absolute atomic E-state index is 0.261. The van der Waals surface area contributed by atoms with Gasteiger partial charge in [-0.3, -0.25) is 9.48 Å². The average Bonchev–Trinajstić information content (AvgIpc) is 3.07. The number of aromatic nitrogens is 3. The highest BCUT2D eigenvalue weighted by Gasteiger charge is 2.26. The van der Waals surface area contributed by atoms with Gasteiger partial charge in [0.1, 0.15) is 0 Å². The quantitative estimate of drug-likeness (QED) is 0.924. The summed E-state index contributed by atoms with van der Waals surface area (Å²) in [6.45, 7) is 3.04. The number of nitrogens with zero attached hydrogens (tertiary/aromatic N) is 3. The largest absolute Gasteiger partial charge is 0.345 e. The van der Waals surface area contributed by atoms with E-state index in [0.717, 1.165) is 5.69 Å². The van der Waals surface area contributed by atoms with Gasteiger partial charge >= 0.3 is 0 Å². The Balaban J connectivity index is 1.61. The van der Waals surface area contributed by atoms with Gasteiger partial charge in [-0.1, -0.05) is 11.6 Å². The van der Waals surface area contributed by atoms with Crippen molar-refractivity contribution in [1.82, 2.24) is 20.1 Å². The van der Waals surface area contributed by atoms with Crippen LogP contribution in [0.25, 0.3) is 0 Å². The Labute approximate surface area is 126 Å². The molecule has 3 rings (SSSR count). The number of carbonyl (C=O) groups is 1. The fourth-order valence-electron chi connectivity index (χ4n) is 1.89. The zero-order chi connectivity index (χ0) is 14.1. The average molecular weight is 311 g/mol. The normalized spacial score (nSPS) is 14.5. The van der Waals surface area contributed by atoms with Crippen LogP contribution in [0.3, 0.4) is 0 Å². The first-order valence-corrected chi connectivity index (χ1v) is 7.88. The molecule has 5 nitrogen and oxygen atoms in total. The van der Waals surface area contributed by atoms with Gasteiger partial charge in [-0.25, -0.2) is 4.98 Å². The second-order valence-electron chi connectivity index (χ2n) is 4.82. The van der Waals surface area contributed by atoms with Crippen LogP contribution in [0, 0.1) is 0 Å². The van der Waals surface area contributed by atoms with E-state index in [9.17, 15) is 4.79 Å². The predicted octanol–water partition coefficient (Wildman–Crippen LogP) is 2.82. The second kappa shape index (κ2) is 5.54. The maximum atomic E-state index is 12.0. The fraction of sp³-hybridized carbons (Fsp3) is 0.462. The van der Waals surface area contributed by atoms with Crippen LogP contribution in [0.5, 0.6) is 0 Å². The highest BCUT2D eigenvalue weighted by Crippen LogP contribution is 2.41. The molecule has 1 N–H and O–H groups in total. The van der Waals surface area contributed by atoms with Crippen LogP contribution >= 0.6 is 22.9 Å². The van der Waals surface area contributed by atoms with E-state index in [2.05, 4.69) is 15.4 Å². The molecule has 7 heteroatoms. The van der Waals surface area contributed by atoms with E-state index >= 15 is 0 Å². The van der Waals surface area contributed by atoms with Crippen molar-refractivity contribution in [1.29, 1.82) is 0 Å². The predicted molar refractivity (Wildman–Crippen MR) is 78.2 cm³/mol. The molecule has 0 aromatic carbocycles. The van der Waals surface area contributed by atoms with E-state index in [4.69, 9.17) is 11.6 Å². The van der Waals surface area contributed by atoms with Crippen molar-refractivity contribution >= 4 is 28.8 Å². The highest BCUT2D eigenvalue weighted by molar-refractivity contribution is 7.09. The molecule has 106 valence electrons. The van der Waals surface area contributed by atoms with Gasteiger partial charge in [0, 0.05) is 24.0 Å². The summed E-state index contributed by atoms with van der Waals surface area (Å²) in [5, 5.41) is 10.5. The van der Waals surface area contributed by atoms with Crippen molar-refractivity contribution in [3.05, 3.63) is 33.0 Å². The summed E-state index contributed by atoms with van der Waals surface area (Å²) < 4.78 is 1.64. The molecule has 2 heterocycles. The van der Waals surface area contributed by atoms with Crippen LogP contribution in [0.1, 0.15) is 46.9 Å². The van der Waals surface area contributed by atoms with Crippen molar-refractivity contribution in [2.75, 3.05) is 0 Å². The van der Waals surface area contributed by atoms with Crippen LogP contribution < -0.4 is 5.32 Å². The lowest BCUT2D eigenvalue weighted by atomic mass is 10.4. The lowest BCUT2D eigenvalue weighted by Crippen LogP contribution is -2.24. The number of halogens is 1. The minimum Gasteiger partial charge on any atom is -0.345 e. The first kappa shape index (κ1) is 13.6. The van der Waals surface area contributed by atoms with E-state index in [0.29, 0.717) is 24.0 Å². The van der Waals surface area contributed by atoms with E-state index in [1.54, 1.807) is 22.2 Å². The number of carbonyl (C=O) groups excluding carboxylic acids is 1. The Morgan fingerprint density at radius 2 is 2.40 bits per heavy atom. The van der Waals surface area contributed by atoms with E-state index in [1.165, 1.54) is 17.8 Å². The number of amides is 1. The number of hydrogen-bond acceptors (Lipinski definition) is 4. The molecule has 0 bridgehead atoms. The number of nitrogens with one attached hydrogen (secondary N) is 1. The molecular formula is C13H15ClN4OS. The number of aryl methyl sites for hydroxylation is 1. The Kier molecular flexibility index (Phi) is 3.76. The fourth-order valence-corrected chi connectivity index (χ4v) is 3.12. The smallest absolute Gasteiger partial charge is 0.273 e. The summed E-state index contributed by atoms with van der Waals surface area (Å²) >= 11 is 7.67. The number of thiazole rings is 1. The van der Waals surface area contributed by atoms with Crippen molar-refractivity contribution in [3.8, 4) is 0 Å². The molecule has 0 radical (unpaired) electrons. The zero-order valence-electron chi connectivity index (χ0n) is 11.1. The molecule has 1 aliphatic rings. The van der Waals surface area contributed by atoms with Crippen molar-refractivity contribution in [3.63, 3.8) is 0 Å². The van der Waals surface area contributed by atoms with Crippen molar-refractivity contribution in [2.24, 2.45) is 0 Å². The molecule has 1 amide bonds. The molecule has 2 aromatic heterocycles. The van der Waals surface area contributed by atoms with Crippen molar-refractivity contribution in [2.45, 2.75) is 38.8 Å². The molecule has 20 heavy (non-hydrogen) atoms. The molecular weight excluding hydrogens is 296 g/mol. The Morgan fingerprint density at radius 3 is 3.05 bits per heavy atom. The molecule has 0 saturated heterocycles. The van der Waals surface area contributed by atoms with E-state index in [-0.39, 0.29) is 11.6 Å². The van der Waals surface area contributed by atoms with Gasteiger partial charge in [0.25, 0.3) is 5.91 Å². The Bertz CT molecular complexity index is 632. The van der Waals surface area contributed by atoms with E-state index < -0.39 is 0 Å². The maximum Gasteiger partial charge on any atom is 0.273 e. The van der Waals surface area contributed by atoms with Crippen LogP contribution in [0.15, 0.2) is 11.6 Å². The first-order chi connectivity index (χ1) is 9.67. The molecule has 2 aromatic rings. The van der Waals surface area contributed by atoms with Gasteiger partial charge < -0.3 is 5.32 Å². The zero-order valence-corrected chi connectivity index (χ0v) is 12.7. The van der Waals surface area contributed by atoms with Crippen molar-refractivity contribution < 1.29 is 4.79 Å². The van der Waals surface area contributed by atoms with Gasteiger partial charge in [0.05, 0.1) is 22.3 Å². The minimum atomic E-state index is -0.261. The van der Waals surface area contributed by atoms with Gasteiger partial charge in [-0.2, -0.15) is 5.10 Å². The van der Waals surface area contributed by atoms with Crippen LogP contribution in [-0.4, -0.2) is 20.7 Å². The summed E-state index contributed by atoms with van der Waals surface area (Å²) in [4.78, 5) is 16.6. The monoisotopic (exact) mass is 310 g/mol. The highest BCUT2D eigenvalue weighted by atomic mass is 35.5. The third-order valence-corrected chi connectivity index (χ3v) is 4.51. The number of hydrogen-bond donors (Lipinski definition) is 1. The van der Waals surface area contributed by atoms with Crippen LogP contribution in [-0.2, 0) is 13.1 Å². The Morgan fingerprint density at radius 1 is 1.60 bits per heavy atom. The maximum absolute atomic E-state index is 12.0. The lowest BCUT2D eigenvalue weighted by molar-refractivity contribution is 0.0945. The number of rotatable bonds is 5. The molecule has 1 fully saturated rings. The van der Waals surface area contributed by atoms with Gasteiger partial charge in [-0.05, 0) is 19.8 Å². The second-order valence-corrected chi connectivity index (χ2v) is 6.11. The third-order valence-electron chi connectivity index (χ3n) is 3.18. The summed E-state index contributed by atoms with van der Waals surface area (Å²) in [7, 11) is 0. The van der Waals surface area contributed by atoms with Gasteiger partial charge in [-0.15, -0.1) is 11.3 Å². The van der Waals surface area contributed by atoms with E-state index in [1.807, 2.05) is 12.3 Å². The lowest BCUT2D eigenvalue weighted by Gasteiger charge is -2.00. The summed E-state index contributed by atoms with van der Waals surface area (Å²) in [6.07, 6.45) is 4.14. The first-order valence-electron chi connectivity index (χ1n) is 6.62. The molecule has 1 saturated carbocycles. The molecule has 0 atom stereocenters. The standard InChI is InChI=1S/C13H15ClN4OS/c1-2-18-6-10(14)11(17-18)12(19)15-5-9-7-20-13(16-9)8-3-4-8/h6-8H,2-5H2,1H3,(H,15,19). The summed E-state index contributed by atoms with van der Waals surface area (Å²) in [6, 6.07) is 0. The summed E-state index contributed by atoms with van der Waals surface area (Å²) in [5.41, 5.74) is 1.17. The Hall–Kier alpha value is -1.40. The van der Waals surface area contributed by atoms with Gasteiger partial charge in [0.2, 0.25) is 0 Å². The molecule has 0 spiro atoms. The molecule has 0 aliphatic heterocycles. The summed E-state index contributed by atoms with van der Waals surface area (Å²) in [5.74, 6) is 0.391. The molecule has 0 unspecified atom stereocenters. The topological polar surface area (TPSA) is 59.8 Å². The SMILES string of the molecule is CCn1cc(Cl)c(C(=O)NCc2csc(C3CC3)n2)n1. The van der Waals surface area contributed by atoms with Crippen LogP contribution in [0.4, 0.5) is 0 Å². The van der Waals surface area contributed by atoms with Gasteiger partial charge in [0.15, 0.2) is 5.69 Å².